The molecule has 8 nitrogen and oxygen atoms in total. The molecule has 1 aromatic carbocycles. The van der Waals surface area contributed by atoms with Crippen LogP contribution in [-0.4, -0.2) is 63.2 Å². The van der Waals surface area contributed by atoms with Gasteiger partial charge in [0.25, 0.3) is 0 Å². The molecular formula is C45H59NO7. The second-order valence-corrected chi connectivity index (χ2v) is 19.9. The highest BCUT2D eigenvalue weighted by Gasteiger charge is 2.68. The lowest BCUT2D eigenvalue weighted by molar-refractivity contribution is -0.194. The summed E-state index contributed by atoms with van der Waals surface area (Å²) in [6, 6.07) is 1.79. The highest BCUT2D eigenvalue weighted by molar-refractivity contribution is 6.18. The van der Waals surface area contributed by atoms with Gasteiger partial charge in [-0.15, -0.1) is 0 Å². The first-order chi connectivity index (χ1) is 24.8. The van der Waals surface area contributed by atoms with E-state index in [1.54, 1.807) is 7.11 Å². The summed E-state index contributed by atoms with van der Waals surface area (Å²) < 4.78 is 20.5. The van der Waals surface area contributed by atoms with Gasteiger partial charge in [0.1, 0.15) is 11.8 Å². The maximum absolute atomic E-state index is 14.9. The highest BCUT2D eigenvalue weighted by atomic mass is 16.7. The van der Waals surface area contributed by atoms with Crippen molar-refractivity contribution in [2.24, 2.45) is 28.6 Å². The fourth-order valence-corrected chi connectivity index (χ4v) is 13.9. The van der Waals surface area contributed by atoms with Gasteiger partial charge in [0, 0.05) is 41.5 Å². The zero-order valence-corrected chi connectivity index (χ0v) is 33.2. The van der Waals surface area contributed by atoms with Crippen molar-refractivity contribution in [3.8, 4) is 0 Å². The van der Waals surface area contributed by atoms with E-state index in [0.29, 0.717) is 37.2 Å². The Hall–Kier alpha value is -2.62. The molecule has 3 aliphatic heterocycles. The van der Waals surface area contributed by atoms with Crippen molar-refractivity contribution in [1.82, 2.24) is 4.57 Å². The highest BCUT2D eigenvalue weighted by Crippen LogP contribution is 2.72. The molecule has 4 aliphatic carbocycles. The van der Waals surface area contributed by atoms with Crippen LogP contribution < -0.4 is 0 Å². The SMILES string of the molecule is C=C(C)[C@H]1C(=O)c2c3c(cc4c5c(n1c24)[C@@]1(C)C(CC[C@H]2[C@](C)(CCC4CC(=O)CC(OC)O4)[C@@H](O)CC[C@@]21C)C5)C1=CC(C)(C)OC(C)(C)C1[C@@H]3O. The monoisotopic (exact) mass is 725 g/mol. The average molecular weight is 726 g/mol. The number of Topliss-reactive ketones (excluding diaryl/α,β-unsaturated/α-hetero) is 2. The lowest BCUT2D eigenvalue weighted by Crippen LogP contribution is -2.62. The Kier molecular flexibility index (Phi) is 7.65. The van der Waals surface area contributed by atoms with Gasteiger partial charge in [-0.25, -0.2) is 0 Å². The third-order valence-electron chi connectivity index (χ3n) is 16.2. The van der Waals surface area contributed by atoms with E-state index < -0.39 is 35.7 Å². The lowest BCUT2D eigenvalue weighted by Gasteiger charge is -2.65. The number of ketones is 2. The molecule has 9 rings (SSSR count). The first-order valence-electron chi connectivity index (χ1n) is 20.2. The zero-order valence-electron chi connectivity index (χ0n) is 33.2. The third kappa shape index (κ3) is 4.53. The summed E-state index contributed by atoms with van der Waals surface area (Å²) in [6.07, 6.45) is 6.99. The number of benzene rings is 1. The fraction of sp³-hybridized carbons (Fsp3) is 0.689. The molecule has 2 aromatic rings. The van der Waals surface area contributed by atoms with Crippen LogP contribution in [0.3, 0.4) is 0 Å². The van der Waals surface area contributed by atoms with Gasteiger partial charge < -0.3 is 29.0 Å². The van der Waals surface area contributed by atoms with Crippen molar-refractivity contribution in [1.29, 1.82) is 0 Å². The number of nitrogens with zero attached hydrogens (tertiary/aromatic N) is 1. The van der Waals surface area contributed by atoms with Crippen LogP contribution in [0.15, 0.2) is 24.3 Å². The van der Waals surface area contributed by atoms with E-state index in [2.05, 4.69) is 71.8 Å². The van der Waals surface area contributed by atoms with E-state index in [1.807, 2.05) is 6.92 Å². The zero-order chi connectivity index (χ0) is 37.9. The molecule has 1 saturated heterocycles. The molecule has 4 unspecified atom stereocenters. The minimum Gasteiger partial charge on any atom is -0.393 e. The average Bonchev–Trinajstić information content (AvgIpc) is 3.74. The van der Waals surface area contributed by atoms with Gasteiger partial charge >= 0.3 is 0 Å². The molecule has 0 radical (unpaired) electrons. The fourth-order valence-electron chi connectivity index (χ4n) is 13.9. The van der Waals surface area contributed by atoms with Crippen LogP contribution in [-0.2, 0) is 30.8 Å². The van der Waals surface area contributed by atoms with Gasteiger partial charge in [0.15, 0.2) is 12.1 Å². The van der Waals surface area contributed by atoms with E-state index in [4.69, 9.17) is 14.2 Å². The summed E-state index contributed by atoms with van der Waals surface area (Å²) in [7, 11) is 1.59. The van der Waals surface area contributed by atoms with Crippen molar-refractivity contribution < 1.29 is 34.0 Å². The van der Waals surface area contributed by atoms with Gasteiger partial charge in [-0.2, -0.15) is 0 Å². The molecule has 286 valence electrons. The summed E-state index contributed by atoms with van der Waals surface area (Å²) in [4.78, 5) is 27.5. The maximum atomic E-state index is 14.9. The number of aliphatic hydroxyl groups excluding tert-OH is 2. The summed E-state index contributed by atoms with van der Waals surface area (Å²) in [5.41, 5.74) is 6.04. The summed E-state index contributed by atoms with van der Waals surface area (Å²) in [5.74, 6) is 0.583. The number of methoxy groups -OCH3 is 1. The first-order valence-corrected chi connectivity index (χ1v) is 20.2. The largest absolute Gasteiger partial charge is 0.393 e. The Morgan fingerprint density at radius 2 is 1.77 bits per heavy atom. The molecule has 0 bridgehead atoms. The molecule has 3 fully saturated rings. The minimum atomic E-state index is -0.851. The quantitative estimate of drug-likeness (QED) is 0.300. The molecular weight excluding hydrogens is 666 g/mol. The number of rotatable bonds is 5. The van der Waals surface area contributed by atoms with Crippen molar-refractivity contribution >= 4 is 28.0 Å². The number of hydrogen-bond acceptors (Lipinski definition) is 7. The normalized spacial score (nSPS) is 41.8. The molecule has 2 saturated carbocycles. The van der Waals surface area contributed by atoms with E-state index in [-0.39, 0.29) is 45.8 Å². The molecule has 1 aromatic heterocycles. The van der Waals surface area contributed by atoms with Crippen LogP contribution in [0.4, 0.5) is 0 Å². The molecule has 4 heterocycles. The van der Waals surface area contributed by atoms with Crippen molar-refractivity contribution in [3.63, 3.8) is 0 Å². The lowest BCUT2D eigenvalue weighted by atomic mass is 9.40. The van der Waals surface area contributed by atoms with E-state index in [1.165, 1.54) is 11.3 Å². The molecule has 7 aliphatic rings. The molecule has 0 amide bonds. The number of fused-ring (bicyclic) bond motifs is 11. The number of aliphatic hydroxyl groups is 2. The van der Waals surface area contributed by atoms with Gasteiger partial charge in [-0.3, -0.25) is 9.59 Å². The molecule has 8 heteroatoms. The molecule has 2 N–H and O–H groups in total. The second kappa shape index (κ2) is 11.2. The number of carbonyl (C=O) groups is 2. The van der Waals surface area contributed by atoms with Gasteiger partial charge in [-0.05, 0) is 131 Å². The Morgan fingerprint density at radius 1 is 1.04 bits per heavy atom. The van der Waals surface area contributed by atoms with Crippen LogP contribution in [0.5, 0.6) is 0 Å². The molecule has 53 heavy (non-hydrogen) atoms. The third-order valence-corrected chi connectivity index (χ3v) is 16.2. The van der Waals surface area contributed by atoms with Gasteiger partial charge in [0.2, 0.25) is 0 Å². The predicted molar refractivity (Wildman–Crippen MR) is 204 cm³/mol. The van der Waals surface area contributed by atoms with Crippen LogP contribution in [0.1, 0.15) is 152 Å². The number of ether oxygens (including phenoxy) is 3. The first kappa shape index (κ1) is 36.0. The number of allylic oxidation sites excluding steroid dienone is 1. The van der Waals surface area contributed by atoms with Crippen molar-refractivity contribution in [3.05, 3.63) is 52.2 Å². The Bertz CT molecular complexity index is 2020. The van der Waals surface area contributed by atoms with Crippen LogP contribution in [0.25, 0.3) is 16.5 Å². The standard InChI is InChI=1S/C45H59NO7/c1-22(2)36-39(50)34-33-26(29-21-41(3,4)53-42(5,6)35(29)38(33)49)20-27-28-17-23-11-12-30-43(7,15-13-25-18-24(47)19-32(51-10)52-25)31(48)14-16-44(30,8)45(23,9)40(28)46(36)37(27)34/h20-21,23,25,30-32,35-36,38,48-49H,1,11-19H2,2-10H3/t23?,25?,30-,31-,32?,35?,36-,38+,43-,44-,45+/m0/s1. The summed E-state index contributed by atoms with van der Waals surface area (Å²) in [5, 5.41) is 25.3. The maximum Gasteiger partial charge on any atom is 0.192 e. The van der Waals surface area contributed by atoms with Crippen molar-refractivity contribution in [2.45, 2.75) is 160 Å². The van der Waals surface area contributed by atoms with Crippen LogP contribution in [0.2, 0.25) is 0 Å². The number of carbonyl (C=O) groups excluding carboxylic acids is 2. The van der Waals surface area contributed by atoms with Gasteiger partial charge in [-0.1, -0.05) is 32.9 Å². The minimum absolute atomic E-state index is 0.0401. The number of aromatic nitrogens is 1. The number of hydrogen-bond donors (Lipinski definition) is 2. The van der Waals surface area contributed by atoms with E-state index in [0.717, 1.165) is 65.3 Å². The van der Waals surface area contributed by atoms with Crippen LogP contribution >= 0.6 is 0 Å². The smallest absolute Gasteiger partial charge is 0.192 e. The Morgan fingerprint density at radius 3 is 2.47 bits per heavy atom. The van der Waals surface area contributed by atoms with Gasteiger partial charge in [0.05, 0.1) is 47.0 Å². The van der Waals surface area contributed by atoms with Crippen molar-refractivity contribution in [2.75, 3.05) is 7.11 Å². The predicted octanol–water partition coefficient (Wildman–Crippen LogP) is 8.10. The van der Waals surface area contributed by atoms with E-state index in [9.17, 15) is 19.8 Å². The molecule has 0 spiro atoms. The molecule has 11 atom stereocenters. The Balaban J connectivity index is 1.19. The Labute approximate surface area is 314 Å². The second-order valence-electron chi connectivity index (χ2n) is 19.9. The summed E-state index contributed by atoms with van der Waals surface area (Å²) in [6.45, 7) is 21.9. The topological polar surface area (TPSA) is 107 Å². The summed E-state index contributed by atoms with van der Waals surface area (Å²) >= 11 is 0. The van der Waals surface area contributed by atoms with Crippen LogP contribution in [0, 0.1) is 28.6 Å². The van der Waals surface area contributed by atoms with E-state index >= 15 is 0 Å².